The maximum absolute atomic E-state index is 5.58. The van der Waals surface area contributed by atoms with E-state index < -0.39 is 0 Å². The van der Waals surface area contributed by atoms with Gasteiger partial charge in [0, 0.05) is 29.6 Å². The fourth-order valence-electron chi connectivity index (χ4n) is 1.77. The molecule has 3 N–H and O–H groups in total. The summed E-state index contributed by atoms with van der Waals surface area (Å²) in [6, 6.07) is 10.5. The Kier molecular flexibility index (Phi) is 3.99. The highest BCUT2D eigenvalue weighted by Crippen LogP contribution is 2.25. The molecule has 0 saturated carbocycles. The minimum Gasteiger partial charge on any atom is -0.361 e. The van der Waals surface area contributed by atoms with Gasteiger partial charge in [-0.05, 0) is 5.56 Å². The molecule has 0 aliphatic heterocycles. The number of aromatic nitrogens is 1. The molecule has 18 heavy (non-hydrogen) atoms. The molecular weight excluding hydrogens is 242 g/mol. The van der Waals surface area contributed by atoms with Gasteiger partial charge in [0.25, 0.3) is 0 Å². The zero-order chi connectivity index (χ0) is 13.0. The van der Waals surface area contributed by atoms with E-state index in [0.29, 0.717) is 6.54 Å². The van der Waals surface area contributed by atoms with E-state index in [0.717, 1.165) is 16.6 Å². The molecule has 3 nitrogen and oxygen atoms in total. The number of hydrogen-bond donors (Lipinski definition) is 2. The molecule has 0 saturated heterocycles. The lowest BCUT2D eigenvalue weighted by atomic mass is 9.85. The van der Waals surface area contributed by atoms with Crippen LogP contribution in [0.25, 0.3) is 0 Å². The van der Waals surface area contributed by atoms with E-state index in [1.54, 1.807) is 11.3 Å². The fourth-order valence-corrected chi connectivity index (χ4v) is 2.46. The highest BCUT2D eigenvalue weighted by Gasteiger charge is 2.20. The molecule has 0 bridgehead atoms. The molecule has 4 heteroatoms. The minimum atomic E-state index is 0.0792. The summed E-state index contributed by atoms with van der Waals surface area (Å²) in [7, 11) is 0. The molecule has 1 aromatic heterocycles. The molecule has 2 aromatic rings. The van der Waals surface area contributed by atoms with Crippen molar-refractivity contribution in [3.63, 3.8) is 0 Å². The molecule has 0 atom stereocenters. The molecule has 0 fully saturated rings. The molecule has 1 aromatic carbocycles. The van der Waals surface area contributed by atoms with E-state index in [4.69, 9.17) is 5.73 Å². The number of nitrogens with one attached hydrogen (secondary N) is 1. The molecular formula is C14H19N3S. The van der Waals surface area contributed by atoms with Gasteiger partial charge in [0.15, 0.2) is 5.13 Å². The van der Waals surface area contributed by atoms with E-state index in [2.05, 4.69) is 48.4 Å². The van der Waals surface area contributed by atoms with Gasteiger partial charge in [-0.1, -0.05) is 44.2 Å². The van der Waals surface area contributed by atoms with Crippen LogP contribution in [0, 0.1) is 0 Å². The summed E-state index contributed by atoms with van der Waals surface area (Å²) in [5.41, 5.74) is 6.98. The second-order valence-electron chi connectivity index (χ2n) is 4.94. The number of nitrogens with two attached hydrogens (primary N) is 1. The van der Waals surface area contributed by atoms with Crippen molar-refractivity contribution in [3.05, 3.63) is 47.0 Å². The summed E-state index contributed by atoms with van der Waals surface area (Å²) < 4.78 is 0. The molecule has 0 unspecified atom stereocenters. The highest BCUT2D eigenvalue weighted by atomic mass is 32.1. The Balaban J connectivity index is 2.00. The number of hydrogen-bond acceptors (Lipinski definition) is 4. The lowest BCUT2D eigenvalue weighted by molar-refractivity contribution is 0.557. The number of rotatable bonds is 5. The molecule has 0 amide bonds. The van der Waals surface area contributed by atoms with Crippen molar-refractivity contribution in [1.82, 2.24) is 4.98 Å². The maximum atomic E-state index is 5.58. The monoisotopic (exact) mass is 261 g/mol. The van der Waals surface area contributed by atoms with E-state index in [9.17, 15) is 0 Å². The molecule has 1 heterocycles. The van der Waals surface area contributed by atoms with Crippen molar-refractivity contribution >= 4 is 16.5 Å². The number of nitrogens with zero attached hydrogens (tertiary/aromatic N) is 1. The molecule has 0 aliphatic carbocycles. The predicted octanol–water partition coefficient (Wildman–Crippen LogP) is 2.99. The predicted molar refractivity (Wildman–Crippen MR) is 78.0 cm³/mol. The van der Waals surface area contributed by atoms with Crippen LogP contribution in [0.1, 0.15) is 24.3 Å². The Morgan fingerprint density at radius 1 is 1.28 bits per heavy atom. The van der Waals surface area contributed by atoms with Crippen LogP contribution in [0.3, 0.4) is 0 Å². The molecule has 2 rings (SSSR count). The topological polar surface area (TPSA) is 50.9 Å². The van der Waals surface area contributed by atoms with Gasteiger partial charge in [-0.25, -0.2) is 4.98 Å². The minimum absolute atomic E-state index is 0.0792. The Labute approximate surface area is 112 Å². The van der Waals surface area contributed by atoms with Gasteiger partial charge in [0.05, 0.1) is 0 Å². The first-order valence-electron chi connectivity index (χ1n) is 6.06. The first-order valence-corrected chi connectivity index (χ1v) is 6.87. The van der Waals surface area contributed by atoms with Crippen LogP contribution < -0.4 is 11.1 Å². The van der Waals surface area contributed by atoms with Gasteiger partial charge in [-0.3, -0.25) is 0 Å². The van der Waals surface area contributed by atoms with Crippen LogP contribution in [0.4, 0.5) is 5.13 Å². The summed E-state index contributed by atoms with van der Waals surface area (Å²) in [6.45, 7) is 5.87. The average Bonchev–Trinajstić information content (AvgIpc) is 2.86. The van der Waals surface area contributed by atoms with Crippen LogP contribution in [0.15, 0.2) is 36.5 Å². The average molecular weight is 261 g/mol. The van der Waals surface area contributed by atoms with Crippen molar-refractivity contribution in [2.45, 2.75) is 25.8 Å². The molecule has 0 aliphatic rings. The van der Waals surface area contributed by atoms with Gasteiger partial charge in [0.1, 0.15) is 0 Å². The van der Waals surface area contributed by atoms with Gasteiger partial charge in [-0.2, -0.15) is 0 Å². The molecule has 96 valence electrons. The zero-order valence-electron chi connectivity index (χ0n) is 10.8. The van der Waals surface area contributed by atoms with Crippen LogP contribution in [-0.2, 0) is 12.0 Å². The third-order valence-electron chi connectivity index (χ3n) is 2.99. The second-order valence-corrected chi connectivity index (χ2v) is 6.05. The lowest BCUT2D eigenvalue weighted by Crippen LogP contribution is -2.27. The third kappa shape index (κ3) is 3.09. The van der Waals surface area contributed by atoms with Crippen LogP contribution in [0.2, 0.25) is 0 Å². The summed E-state index contributed by atoms with van der Waals surface area (Å²) in [5, 5.41) is 4.33. The quantitative estimate of drug-likeness (QED) is 0.870. The van der Waals surface area contributed by atoms with E-state index in [1.165, 1.54) is 5.56 Å². The van der Waals surface area contributed by atoms with Crippen molar-refractivity contribution in [2.24, 2.45) is 5.73 Å². The number of benzene rings is 1. The Bertz CT molecular complexity index is 491. The Morgan fingerprint density at radius 2 is 2.00 bits per heavy atom. The van der Waals surface area contributed by atoms with Gasteiger partial charge in [-0.15, -0.1) is 11.3 Å². The van der Waals surface area contributed by atoms with E-state index in [1.807, 2.05) is 12.3 Å². The maximum Gasteiger partial charge on any atom is 0.182 e. The molecule has 0 radical (unpaired) electrons. The SMILES string of the molecule is CC(C)(CNc1ncc(CN)s1)c1ccccc1. The normalized spacial score (nSPS) is 11.5. The van der Waals surface area contributed by atoms with Crippen molar-refractivity contribution in [3.8, 4) is 0 Å². The van der Waals surface area contributed by atoms with E-state index in [-0.39, 0.29) is 5.41 Å². The van der Waals surface area contributed by atoms with Crippen molar-refractivity contribution in [1.29, 1.82) is 0 Å². The second kappa shape index (κ2) is 5.50. The number of thiazole rings is 1. The highest BCUT2D eigenvalue weighted by molar-refractivity contribution is 7.15. The Morgan fingerprint density at radius 3 is 2.61 bits per heavy atom. The smallest absolute Gasteiger partial charge is 0.182 e. The van der Waals surface area contributed by atoms with Gasteiger partial charge < -0.3 is 11.1 Å². The van der Waals surface area contributed by atoms with Gasteiger partial charge in [0.2, 0.25) is 0 Å². The summed E-state index contributed by atoms with van der Waals surface area (Å²) >= 11 is 1.62. The fraction of sp³-hybridized carbons (Fsp3) is 0.357. The van der Waals surface area contributed by atoms with Gasteiger partial charge >= 0.3 is 0 Å². The van der Waals surface area contributed by atoms with Crippen LogP contribution in [0.5, 0.6) is 0 Å². The number of anilines is 1. The Hall–Kier alpha value is -1.39. The van der Waals surface area contributed by atoms with Crippen molar-refractivity contribution < 1.29 is 0 Å². The lowest BCUT2D eigenvalue weighted by Gasteiger charge is -2.25. The largest absolute Gasteiger partial charge is 0.361 e. The first-order chi connectivity index (χ1) is 8.62. The van der Waals surface area contributed by atoms with Crippen LogP contribution >= 0.6 is 11.3 Å². The standard InChI is InChI=1S/C14H19N3S/c1-14(2,11-6-4-3-5-7-11)10-17-13-16-9-12(8-15)18-13/h3-7,9H,8,10,15H2,1-2H3,(H,16,17). The van der Waals surface area contributed by atoms with E-state index >= 15 is 0 Å². The molecule has 0 spiro atoms. The third-order valence-corrected chi connectivity index (χ3v) is 3.97. The van der Waals surface area contributed by atoms with Crippen LogP contribution in [-0.4, -0.2) is 11.5 Å². The van der Waals surface area contributed by atoms with Crippen molar-refractivity contribution in [2.75, 3.05) is 11.9 Å². The summed E-state index contributed by atoms with van der Waals surface area (Å²) in [4.78, 5) is 5.42. The first kappa shape index (κ1) is 13.1. The summed E-state index contributed by atoms with van der Waals surface area (Å²) in [5.74, 6) is 0. The zero-order valence-corrected chi connectivity index (χ0v) is 11.6. The summed E-state index contributed by atoms with van der Waals surface area (Å²) in [6.07, 6.45) is 1.84.